The van der Waals surface area contributed by atoms with Crippen LogP contribution in [0.25, 0.3) is 11.0 Å². The van der Waals surface area contributed by atoms with E-state index >= 15 is 0 Å². The van der Waals surface area contributed by atoms with Crippen LogP contribution in [0.4, 0.5) is 0 Å². The van der Waals surface area contributed by atoms with E-state index < -0.39 is 21.8 Å². The van der Waals surface area contributed by atoms with Gasteiger partial charge in [0.1, 0.15) is 5.58 Å². The van der Waals surface area contributed by atoms with Crippen LogP contribution in [-0.4, -0.2) is 36.8 Å². The van der Waals surface area contributed by atoms with Crippen molar-refractivity contribution in [2.75, 3.05) is 11.5 Å². The van der Waals surface area contributed by atoms with Crippen LogP contribution in [0, 0.1) is 6.92 Å². The number of amides is 1. The standard InChI is InChI=1S/C22H21NO5S/c1-15-7-8-18-19(24)12-21(28-20(18)11-15)22(25)23(13-16-5-3-2-4-6-16)17-9-10-29(26,27)14-17/h2-8,11-12,17H,9-10,13-14H2,1H3/t17-/m0/s1. The molecular formula is C22H21NO5S. The molecule has 2 aromatic carbocycles. The van der Waals surface area contributed by atoms with Gasteiger partial charge in [0.05, 0.1) is 16.9 Å². The number of rotatable bonds is 4. The van der Waals surface area contributed by atoms with E-state index in [1.165, 1.54) is 11.0 Å². The predicted octanol–water partition coefficient (Wildman–Crippen LogP) is 2.93. The smallest absolute Gasteiger partial charge is 0.290 e. The van der Waals surface area contributed by atoms with Crippen molar-refractivity contribution < 1.29 is 17.6 Å². The third-order valence-electron chi connectivity index (χ3n) is 5.20. The Balaban J connectivity index is 1.74. The van der Waals surface area contributed by atoms with Gasteiger partial charge in [-0.1, -0.05) is 36.4 Å². The number of hydrogen-bond acceptors (Lipinski definition) is 5. The van der Waals surface area contributed by atoms with Gasteiger partial charge in [-0.15, -0.1) is 0 Å². The lowest BCUT2D eigenvalue weighted by atomic mass is 10.1. The summed E-state index contributed by atoms with van der Waals surface area (Å²) in [6.45, 7) is 2.12. The van der Waals surface area contributed by atoms with E-state index in [4.69, 9.17) is 4.42 Å². The molecule has 2 heterocycles. The first-order chi connectivity index (χ1) is 13.8. The summed E-state index contributed by atoms with van der Waals surface area (Å²) in [6.07, 6.45) is 0.373. The second-order valence-corrected chi connectivity index (χ2v) is 9.68. The van der Waals surface area contributed by atoms with Crippen LogP contribution in [0.3, 0.4) is 0 Å². The molecule has 1 aliphatic heterocycles. The minimum atomic E-state index is -3.18. The molecule has 1 amide bonds. The van der Waals surface area contributed by atoms with Crippen molar-refractivity contribution in [1.82, 2.24) is 4.90 Å². The summed E-state index contributed by atoms with van der Waals surface area (Å²) in [5.74, 6) is -0.579. The van der Waals surface area contributed by atoms with Crippen LogP contribution in [0.1, 0.15) is 28.1 Å². The Hall–Kier alpha value is -2.93. The fourth-order valence-corrected chi connectivity index (χ4v) is 5.41. The Kier molecular flexibility index (Phi) is 5.00. The van der Waals surface area contributed by atoms with Crippen molar-refractivity contribution in [2.24, 2.45) is 0 Å². The van der Waals surface area contributed by atoms with Gasteiger partial charge >= 0.3 is 0 Å². The Morgan fingerprint density at radius 2 is 1.90 bits per heavy atom. The van der Waals surface area contributed by atoms with Crippen LogP contribution < -0.4 is 5.43 Å². The predicted molar refractivity (Wildman–Crippen MR) is 111 cm³/mol. The minimum Gasteiger partial charge on any atom is -0.451 e. The largest absolute Gasteiger partial charge is 0.451 e. The Bertz CT molecular complexity index is 1230. The van der Waals surface area contributed by atoms with Gasteiger partial charge in [-0.2, -0.15) is 0 Å². The van der Waals surface area contributed by atoms with Crippen molar-refractivity contribution in [1.29, 1.82) is 0 Å². The second kappa shape index (κ2) is 7.48. The normalized spacial score (nSPS) is 18.0. The maximum atomic E-state index is 13.3. The first-order valence-electron chi connectivity index (χ1n) is 9.42. The molecule has 4 rings (SSSR count). The van der Waals surface area contributed by atoms with Crippen LogP contribution in [0.15, 0.2) is 63.8 Å². The molecule has 0 saturated carbocycles. The van der Waals surface area contributed by atoms with Crippen LogP contribution >= 0.6 is 0 Å². The van der Waals surface area contributed by atoms with Crippen molar-refractivity contribution in [3.63, 3.8) is 0 Å². The molecule has 0 N–H and O–H groups in total. The molecule has 7 heteroatoms. The number of fused-ring (bicyclic) bond motifs is 1. The third-order valence-corrected chi connectivity index (χ3v) is 6.95. The SMILES string of the molecule is Cc1ccc2c(=O)cc(C(=O)N(Cc3ccccc3)[C@H]3CCS(=O)(=O)C3)oc2c1. The molecule has 0 unspecified atom stereocenters. The Morgan fingerprint density at radius 3 is 2.59 bits per heavy atom. The van der Waals surface area contributed by atoms with Crippen molar-refractivity contribution >= 4 is 26.7 Å². The molecule has 1 aliphatic rings. The van der Waals surface area contributed by atoms with Crippen molar-refractivity contribution in [3.8, 4) is 0 Å². The number of aryl methyl sites for hydroxylation is 1. The first-order valence-corrected chi connectivity index (χ1v) is 11.2. The number of benzene rings is 2. The molecule has 150 valence electrons. The van der Waals surface area contributed by atoms with Gasteiger partial charge in [-0.25, -0.2) is 8.42 Å². The Labute approximate surface area is 168 Å². The van der Waals surface area contributed by atoms with Gasteiger partial charge in [0, 0.05) is 18.7 Å². The average molecular weight is 411 g/mol. The molecule has 0 aliphatic carbocycles. The number of carbonyl (C=O) groups excluding carboxylic acids is 1. The van der Waals surface area contributed by atoms with E-state index in [0.29, 0.717) is 17.4 Å². The highest BCUT2D eigenvalue weighted by Gasteiger charge is 2.36. The number of hydrogen-bond donors (Lipinski definition) is 0. The summed E-state index contributed by atoms with van der Waals surface area (Å²) >= 11 is 0. The van der Waals surface area contributed by atoms with E-state index in [-0.39, 0.29) is 29.2 Å². The lowest BCUT2D eigenvalue weighted by molar-refractivity contribution is 0.0648. The molecule has 1 fully saturated rings. The van der Waals surface area contributed by atoms with Gasteiger partial charge in [-0.3, -0.25) is 9.59 Å². The zero-order valence-corrected chi connectivity index (χ0v) is 16.8. The van der Waals surface area contributed by atoms with Gasteiger partial charge in [0.25, 0.3) is 5.91 Å². The topological polar surface area (TPSA) is 84.7 Å². The zero-order valence-electron chi connectivity index (χ0n) is 16.0. The average Bonchev–Trinajstić information content (AvgIpc) is 3.05. The molecular weight excluding hydrogens is 390 g/mol. The lowest BCUT2D eigenvalue weighted by Crippen LogP contribution is -2.40. The number of carbonyl (C=O) groups is 1. The molecule has 6 nitrogen and oxygen atoms in total. The number of nitrogens with zero attached hydrogens (tertiary/aromatic N) is 1. The number of sulfone groups is 1. The van der Waals surface area contributed by atoms with Gasteiger partial charge in [-0.05, 0) is 36.6 Å². The molecule has 0 radical (unpaired) electrons. The van der Waals surface area contributed by atoms with Crippen molar-refractivity contribution in [3.05, 3.63) is 81.7 Å². The maximum Gasteiger partial charge on any atom is 0.290 e. The summed E-state index contributed by atoms with van der Waals surface area (Å²) in [5.41, 5.74) is 1.84. The van der Waals surface area contributed by atoms with Gasteiger partial charge < -0.3 is 9.32 Å². The fourth-order valence-electron chi connectivity index (χ4n) is 3.68. The first kappa shape index (κ1) is 19.4. The molecule has 3 aromatic rings. The lowest BCUT2D eigenvalue weighted by Gasteiger charge is -2.28. The highest BCUT2D eigenvalue weighted by atomic mass is 32.2. The molecule has 29 heavy (non-hydrogen) atoms. The van der Waals surface area contributed by atoms with Gasteiger partial charge in [0.2, 0.25) is 0 Å². The highest BCUT2D eigenvalue weighted by molar-refractivity contribution is 7.91. The summed E-state index contributed by atoms with van der Waals surface area (Å²) in [5, 5.41) is 0.408. The quantitative estimate of drug-likeness (QED) is 0.659. The Morgan fingerprint density at radius 1 is 1.14 bits per heavy atom. The van der Waals surface area contributed by atoms with E-state index in [0.717, 1.165) is 11.1 Å². The molecule has 1 atom stereocenters. The van der Waals surface area contributed by atoms with Crippen molar-refractivity contribution in [2.45, 2.75) is 25.9 Å². The zero-order chi connectivity index (χ0) is 20.6. The summed E-state index contributed by atoms with van der Waals surface area (Å²) in [6, 6.07) is 15.3. The molecule has 0 spiro atoms. The van der Waals surface area contributed by atoms with E-state index in [1.54, 1.807) is 12.1 Å². The molecule has 1 aromatic heterocycles. The van der Waals surface area contributed by atoms with Crippen LogP contribution in [-0.2, 0) is 16.4 Å². The van der Waals surface area contributed by atoms with E-state index in [9.17, 15) is 18.0 Å². The summed E-state index contributed by atoms with van der Waals surface area (Å²) < 4.78 is 29.8. The maximum absolute atomic E-state index is 13.3. The second-order valence-electron chi connectivity index (χ2n) is 7.45. The van der Waals surface area contributed by atoms with Gasteiger partial charge in [0.15, 0.2) is 21.0 Å². The monoisotopic (exact) mass is 411 g/mol. The molecule has 1 saturated heterocycles. The summed E-state index contributed by atoms with van der Waals surface area (Å²) in [4.78, 5) is 27.3. The van der Waals surface area contributed by atoms with E-state index in [2.05, 4.69) is 0 Å². The summed E-state index contributed by atoms with van der Waals surface area (Å²) in [7, 11) is -3.18. The third kappa shape index (κ3) is 4.10. The highest BCUT2D eigenvalue weighted by Crippen LogP contribution is 2.23. The fraction of sp³-hybridized carbons (Fsp3) is 0.273. The van der Waals surface area contributed by atoms with Crippen LogP contribution in [0.2, 0.25) is 0 Å². The molecule has 0 bridgehead atoms. The minimum absolute atomic E-state index is 0.0527. The van der Waals surface area contributed by atoms with E-state index in [1.807, 2.05) is 43.3 Å². The van der Waals surface area contributed by atoms with Crippen LogP contribution in [0.5, 0.6) is 0 Å².